The SMILES string of the molecule is CC(Sc1nnc(Cc2ccccc2)n1-c1ccccc1)C(=O)Nc1ccc(F)c(F)c1. The Hall–Kier alpha value is -3.52. The van der Waals surface area contributed by atoms with Gasteiger partial charge in [-0.05, 0) is 36.8 Å². The lowest BCUT2D eigenvalue weighted by atomic mass is 10.1. The molecule has 1 N–H and O–H groups in total. The topological polar surface area (TPSA) is 59.8 Å². The zero-order valence-electron chi connectivity index (χ0n) is 17.2. The highest BCUT2D eigenvalue weighted by molar-refractivity contribution is 8.00. The van der Waals surface area contributed by atoms with E-state index in [4.69, 9.17) is 0 Å². The molecule has 0 bridgehead atoms. The first-order valence-electron chi connectivity index (χ1n) is 9.97. The molecule has 0 radical (unpaired) electrons. The molecule has 0 fully saturated rings. The van der Waals surface area contributed by atoms with Gasteiger partial charge in [0.1, 0.15) is 5.82 Å². The van der Waals surface area contributed by atoms with Gasteiger partial charge in [0.05, 0.1) is 5.25 Å². The van der Waals surface area contributed by atoms with Crippen molar-refractivity contribution < 1.29 is 13.6 Å². The van der Waals surface area contributed by atoms with Gasteiger partial charge in [0.15, 0.2) is 16.8 Å². The van der Waals surface area contributed by atoms with E-state index < -0.39 is 16.9 Å². The number of hydrogen-bond acceptors (Lipinski definition) is 4. The third-order valence-electron chi connectivity index (χ3n) is 4.76. The zero-order valence-corrected chi connectivity index (χ0v) is 18.0. The molecular formula is C24H20F2N4OS. The molecule has 4 aromatic rings. The fourth-order valence-electron chi connectivity index (χ4n) is 3.14. The second-order valence-corrected chi connectivity index (χ2v) is 8.42. The summed E-state index contributed by atoms with van der Waals surface area (Å²) >= 11 is 1.24. The molecule has 1 heterocycles. The van der Waals surface area contributed by atoms with Crippen LogP contribution in [0.4, 0.5) is 14.5 Å². The average molecular weight is 451 g/mol. The highest BCUT2D eigenvalue weighted by Gasteiger charge is 2.21. The van der Waals surface area contributed by atoms with Crippen molar-refractivity contribution in [2.45, 2.75) is 23.8 Å². The predicted molar refractivity (Wildman–Crippen MR) is 121 cm³/mol. The van der Waals surface area contributed by atoms with E-state index in [0.717, 1.165) is 29.2 Å². The molecule has 162 valence electrons. The van der Waals surface area contributed by atoms with Crippen LogP contribution in [0.25, 0.3) is 5.69 Å². The molecule has 1 aromatic heterocycles. The Morgan fingerprint density at radius 2 is 1.66 bits per heavy atom. The van der Waals surface area contributed by atoms with Gasteiger partial charge in [0.2, 0.25) is 5.91 Å². The van der Waals surface area contributed by atoms with Crippen LogP contribution in [0.15, 0.2) is 84.0 Å². The number of rotatable bonds is 7. The van der Waals surface area contributed by atoms with Crippen LogP contribution in [0.2, 0.25) is 0 Å². The molecule has 1 atom stereocenters. The van der Waals surface area contributed by atoms with Crippen LogP contribution >= 0.6 is 11.8 Å². The van der Waals surface area contributed by atoms with E-state index in [2.05, 4.69) is 15.5 Å². The monoisotopic (exact) mass is 450 g/mol. The number of thioether (sulfide) groups is 1. The van der Waals surface area contributed by atoms with Gasteiger partial charge >= 0.3 is 0 Å². The van der Waals surface area contributed by atoms with E-state index in [0.29, 0.717) is 11.6 Å². The largest absolute Gasteiger partial charge is 0.325 e. The Labute approximate surface area is 188 Å². The Balaban J connectivity index is 1.57. The number of nitrogens with zero attached hydrogens (tertiary/aromatic N) is 3. The molecule has 1 amide bonds. The molecule has 5 nitrogen and oxygen atoms in total. The van der Waals surface area contributed by atoms with Crippen molar-refractivity contribution in [1.82, 2.24) is 14.8 Å². The summed E-state index contributed by atoms with van der Waals surface area (Å²) in [6, 6.07) is 22.9. The van der Waals surface area contributed by atoms with Gasteiger partial charge in [0, 0.05) is 23.9 Å². The Morgan fingerprint density at radius 3 is 2.34 bits per heavy atom. The number of nitrogens with one attached hydrogen (secondary N) is 1. The second-order valence-electron chi connectivity index (χ2n) is 7.11. The molecule has 0 saturated carbocycles. The minimum absolute atomic E-state index is 0.190. The highest BCUT2D eigenvalue weighted by atomic mass is 32.2. The summed E-state index contributed by atoms with van der Waals surface area (Å²) in [5.41, 5.74) is 2.17. The maximum Gasteiger partial charge on any atom is 0.237 e. The van der Waals surface area contributed by atoms with E-state index in [1.165, 1.54) is 17.8 Å². The van der Waals surface area contributed by atoms with E-state index in [-0.39, 0.29) is 11.6 Å². The lowest BCUT2D eigenvalue weighted by Gasteiger charge is -2.14. The number of carbonyl (C=O) groups excluding carboxylic acids is 1. The first-order valence-corrected chi connectivity index (χ1v) is 10.9. The van der Waals surface area contributed by atoms with E-state index in [1.807, 2.05) is 65.2 Å². The zero-order chi connectivity index (χ0) is 22.5. The quantitative estimate of drug-likeness (QED) is 0.391. The van der Waals surface area contributed by atoms with Gasteiger partial charge < -0.3 is 5.32 Å². The van der Waals surface area contributed by atoms with Crippen molar-refractivity contribution in [1.29, 1.82) is 0 Å². The molecular weight excluding hydrogens is 430 g/mol. The van der Waals surface area contributed by atoms with E-state index in [9.17, 15) is 13.6 Å². The van der Waals surface area contributed by atoms with E-state index >= 15 is 0 Å². The van der Waals surface area contributed by atoms with Crippen LogP contribution in [0.3, 0.4) is 0 Å². The Bertz CT molecular complexity index is 1220. The molecule has 0 saturated heterocycles. The standard InChI is InChI=1S/C24H20F2N4OS/c1-16(23(31)27-18-12-13-20(25)21(26)15-18)32-24-29-28-22(14-17-8-4-2-5-9-17)30(24)19-10-6-3-7-11-19/h2-13,15-16H,14H2,1H3,(H,27,31). The molecule has 0 spiro atoms. The van der Waals surface area contributed by atoms with Crippen molar-refractivity contribution in [2.24, 2.45) is 0 Å². The number of para-hydroxylation sites is 1. The first kappa shape index (κ1) is 21.7. The van der Waals surface area contributed by atoms with Crippen LogP contribution < -0.4 is 5.32 Å². The summed E-state index contributed by atoms with van der Waals surface area (Å²) in [5, 5.41) is 11.3. The smallest absolute Gasteiger partial charge is 0.237 e. The molecule has 32 heavy (non-hydrogen) atoms. The molecule has 4 rings (SSSR count). The van der Waals surface area contributed by atoms with Gasteiger partial charge in [-0.3, -0.25) is 9.36 Å². The van der Waals surface area contributed by atoms with Crippen LogP contribution in [-0.2, 0) is 11.2 Å². The van der Waals surface area contributed by atoms with E-state index in [1.54, 1.807) is 6.92 Å². The Morgan fingerprint density at radius 1 is 0.969 bits per heavy atom. The maximum absolute atomic E-state index is 13.4. The maximum atomic E-state index is 13.4. The van der Waals surface area contributed by atoms with Gasteiger partial charge in [-0.25, -0.2) is 8.78 Å². The lowest BCUT2D eigenvalue weighted by Crippen LogP contribution is -2.23. The second kappa shape index (κ2) is 9.74. The summed E-state index contributed by atoms with van der Waals surface area (Å²) in [5.74, 6) is -1.59. The third kappa shape index (κ3) is 5.03. The molecule has 1 unspecified atom stereocenters. The van der Waals surface area contributed by atoms with Gasteiger partial charge in [-0.15, -0.1) is 10.2 Å². The molecule has 0 aliphatic rings. The lowest BCUT2D eigenvalue weighted by molar-refractivity contribution is -0.115. The fourth-order valence-corrected chi connectivity index (χ4v) is 4.02. The third-order valence-corrected chi connectivity index (χ3v) is 5.80. The fraction of sp³-hybridized carbons (Fsp3) is 0.125. The number of carbonyl (C=O) groups is 1. The normalized spacial score (nSPS) is 11.8. The number of halogens is 2. The Kier molecular flexibility index (Phi) is 6.61. The number of benzene rings is 3. The summed E-state index contributed by atoms with van der Waals surface area (Å²) in [4.78, 5) is 12.7. The first-order chi connectivity index (χ1) is 15.5. The predicted octanol–water partition coefficient (Wildman–Crippen LogP) is 5.26. The number of hydrogen-bond donors (Lipinski definition) is 1. The average Bonchev–Trinajstić information content (AvgIpc) is 3.19. The summed E-state index contributed by atoms with van der Waals surface area (Å²) in [7, 11) is 0. The molecule has 0 aliphatic heterocycles. The minimum atomic E-state index is -1.02. The number of aromatic nitrogens is 3. The van der Waals surface area contributed by atoms with Crippen LogP contribution in [0, 0.1) is 11.6 Å². The van der Waals surface area contributed by atoms with Crippen molar-refractivity contribution in [3.63, 3.8) is 0 Å². The number of amides is 1. The summed E-state index contributed by atoms with van der Waals surface area (Å²) < 4.78 is 28.5. The van der Waals surface area contributed by atoms with Gasteiger partial charge in [0.25, 0.3) is 0 Å². The van der Waals surface area contributed by atoms with Gasteiger partial charge in [-0.1, -0.05) is 60.3 Å². The highest BCUT2D eigenvalue weighted by Crippen LogP contribution is 2.27. The van der Waals surface area contributed by atoms with Crippen molar-refractivity contribution >= 4 is 23.4 Å². The van der Waals surface area contributed by atoms with Crippen molar-refractivity contribution in [3.8, 4) is 5.69 Å². The van der Waals surface area contributed by atoms with Gasteiger partial charge in [-0.2, -0.15) is 0 Å². The molecule has 0 aliphatic carbocycles. The summed E-state index contributed by atoms with van der Waals surface area (Å²) in [6.45, 7) is 1.72. The number of anilines is 1. The van der Waals surface area contributed by atoms with Crippen molar-refractivity contribution in [3.05, 3.63) is 102 Å². The summed E-state index contributed by atoms with van der Waals surface area (Å²) in [6.07, 6.45) is 0.582. The van der Waals surface area contributed by atoms with Crippen LogP contribution in [0.5, 0.6) is 0 Å². The molecule has 3 aromatic carbocycles. The van der Waals surface area contributed by atoms with Crippen molar-refractivity contribution in [2.75, 3.05) is 5.32 Å². The van der Waals surface area contributed by atoms with Crippen LogP contribution in [-0.4, -0.2) is 25.9 Å². The minimum Gasteiger partial charge on any atom is -0.325 e. The van der Waals surface area contributed by atoms with Crippen LogP contribution in [0.1, 0.15) is 18.3 Å². The molecule has 8 heteroatoms.